The summed E-state index contributed by atoms with van der Waals surface area (Å²) in [5, 5.41) is 14.2. The molecule has 0 aromatic rings. The molecule has 0 aromatic heterocycles. The minimum absolute atomic E-state index is 0.00130. The maximum absolute atomic E-state index is 11.7. The normalized spacial score (nSPS) is 20.8. The summed E-state index contributed by atoms with van der Waals surface area (Å²) in [6, 6.07) is 2.12. The van der Waals surface area contributed by atoms with Gasteiger partial charge in [-0.1, -0.05) is 0 Å². The standard InChI is InChI=1S/C11H17N3O2/c1-11(2,6-12)7-14-10(16)8-3-4-9(15)13-5-8/h8H,3-5,7H2,1-2H3,(H,13,15)(H,14,16). The molecule has 5 heteroatoms. The number of carbonyl (C=O) groups excluding carboxylic acids is 2. The molecule has 1 aliphatic rings. The lowest BCUT2D eigenvalue weighted by Crippen LogP contribution is -2.44. The molecule has 1 rings (SSSR count). The molecule has 0 radical (unpaired) electrons. The molecular formula is C11H17N3O2. The number of hydrogen-bond donors (Lipinski definition) is 2. The monoisotopic (exact) mass is 223 g/mol. The van der Waals surface area contributed by atoms with E-state index in [4.69, 9.17) is 5.26 Å². The van der Waals surface area contributed by atoms with Crippen molar-refractivity contribution in [1.29, 1.82) is 5.26 Å². The maximum Gasteiger partial charge on any atom is 0.224 e. The van der Waals surface area contributed by atoms with Gasteiger partial charge in [-0.3, -0.25) is 9.59 Å². The third-order valence-electron chi connectivity index (χ3n) is 2.64. The van der Waals surface area contributed by atoms with Gasteiger partial charge >= 0.3 is 0 Å². The zero-order chi connectivity index (χ0) is 12.2. The van der Waals surface area contributed by atoms with Crippen LogP contribution in [0.3, 0.4) is 0 Å². The molecule has 16 heavy (non-hydrogen) atoms. The van der Waals surface area contributed by atoms with Crippen LogP contribution in [0.4, 0.5) is 0 Å². The minimum Gasteiger partial charge on any atom is -0.355 e. The Hall–Kier alpha value is -1.57. The lowest BCUT2D eigenvalue weighted by atomic mass is 9.94. The van der Waals surface area contributed by atoms with Crippen LogP contribution in [0, 0.1) is 22.7 Å². The van der Waals surface area contributed by atoms with E-state index in [-0.39, 0.29) is 17.7 Å². The summed E-state index contributed by atoms with van der Waals surface area (Å²) in [6.45, 7) is 4.29. The van der Waals surface area contributed by atoms with Crippen molar-refractivity contribution in [3.05, 3.63) is 0 Å². The van der Waals surface area contributed by atoms with Crippen molar-refractivity contribution in [2.75, 3.05) is 13.1 Å². The number of hydrogen-bond acceptors (Lipinski definition) is 3. The molecule has 0 saturated carbocycles. The van der Waals surface area contributed by atoms with E-state index in [0.29, 0.717) is 25.9 Å². The number of rotatable bonds is 3. The van der Waals surface area contributed by atoms with Crippen molar-refractivity contribution in [3.8, 4) is 6.07 Å². The molecule has 0 bridgehead atoms. The fraction of sp³-hybridized carbons (Fsp3) is 0.727. The van der Waals surface area contributed by atoms with E-state index in [1.54, 1.807) is 13.8 Å². The summed E-state index contributed by atoms with van der Waals surface area (Å²) < 4.78 is 0. The Labute approximate surface area is 95.2 Å². The van der Waals surface area contributed by atoms with Gasteiger partial charge in [-0.05, 0) is 20.3 Å². The van der Waals surface area contributed by atoms with Gasteiger partial charge in [0, 0.05) is 19.5 Å². The van der Waals surface area contributed by atoms with Crippen LogP contribution in [-0.2, 0) is 9.59 Å². The molecule has 2 amide bonds. The largest absolute Gasteiger partial charge is 0.355 e. The Kier molecular flexibility index (Phi) is 3.88. The molecule has 0 spiro atoms. The van der Waals surface area contributed by atoms with Crippen LogP contribution >= 0.6 is 0 Å². The second-order valence-corrected chi connectivity index (χ2v) is 4.75. The smallest absolute Gasteiger partial charge is 0.224 e. The molecule has 2 N–H and O–H groups in total. The fourth-order valence-electron chi connectivity index (χ4n) is 1.45. The third kappa shape index (κ3) is 3.54. The summed E-state index contributed by atoms with van der Waals surface area (Å²) in [5.74, 6) is -0.239. The summed E-state index contributed by atoms with van der Waals surface area (Å²) in [4.78, 5) is 22.6. The van der Waals surface area contributed by atoms with Crippen molar-refractivity contribution < 1.29 is 9.59 Å². The fourth-order valence-corrected chi connectivity index (χ4v) is 1.45. The van der Waals surface area contributed by atoms with Crippen molar-refractivity contribution in [3.63, 3.8) is 0 Å². The third-order valence-corrected chi connectivity index (χ3v) is 2.64. The molecule has 1 saturated heterocycles. The van der Waals surface area contributed by atoms with E-state index < -0.39 is 5.41 Å². The Morgan fingerprint density at radius 1 is 1.69 bits per heavy atom. The van der Waals surface area contributed by atoms with E-state index in [1.165, 1.54) is 0 Å². The van der Waals surface area contributed by atoms with Gasteiger partial charge in [0.05, 0.1) is 17.4 Å². The van der Waals surface area contributed by atoms with Crippen LogP contribution in [0.1, 0.15) is 26.7 Å². The van der Waals surface area contributed by atoms with Crippen LogP contribution < -0.4 is 10.6 Å². The van der Waals surface area contributed by atoms with Gasteiger partial charge in [-0.15, -0.1) is 0 Å². The second kappa shape index (κ2) is 4.97. The highest BCUT2D eigenvalue weighted by atomic mass is 16.2. The highest BCUT2D eigenvalue weighted by Gasteiger charge is 2.26. The second-order valence-electron chi connectivity index (χ2n) is 4.75. The van der Waals surface area contributed by atoms with E-state index in [9.17, 15) is 9.59 Å². The lowest BCUT2D eigenvalue weighted by Gasteiger charge is -2.23. The van der Waals surface area contributed by atoms with Crippen LogP contribution in [-0.4, -0.2) is 24.9 Å². The average Bonchev–Trinajstić information content (AvgIpc) is 2.27. The number of nitriles is 1. The summed E-state index contributed by atoms with van der Waals surface area (Å²) >= 11 is 0. The number of carbonyl (C=O) groups is 2. The molecule has 88 valence electrons. The van der Waals surface area contributed by atoms with Crippen molar-refractivity contribution in [1.82, 2.24) is 10.6 Å². The van der Waals surface area contributed by atoms with E-state index >= 15 is 0 Å². The highest BCUT2D eigenvalue weighted by Crippen LogP contribution is 2.13. The quantitative estimate of drug-likeness (QED) is 0.716. The number of nitrogens with one attached hydrogen (secondary N) is 2. The average molecular weight is 223 g/mol. The van der Waals surface area contributed by atoms with Crippen LogP contribution in [0.5, 0.6) is 0 Å². The first kappa shape index (κ1) is 12.5. The molecule has 5 nitrogen and oxygen atoms in total. The van der Waals surface area contributed by atoms with Gasteiger partial charge in [0.25, 0.3) is 0 Å². The van der Waals surface area contributed by atoms with Crippen LogP contribution in [0.15, 0.2) is 0 Å². The molecule has 1 unspecified atom stereocenters. The molecule has 0 aliphatic carbocycles. The van der Waals surface area contributed by atoms with Crippen molar-refractivity contribution in [2.24, 2.45) is 11.3 Å². The van der Waals surface area contributed by atoms with Crippen molar-refractivity contribution in [2.45, 2.75) is 26.7 Å². The topological polar surface area (TPSA) is 82.0 Å². The Balaban J connectivity index is 2.36. The number of nitrogens with zero attached hydrogens (tertiary/aromatic N) is 1. The molecular weight excluding hydrogens is 206 g/mol. The Morgan fingerprint density at radius 3 is 2.88 bits per heavy atom. The van der Waals surface area contributed by atoms with E-state index in [1.807, 2.05) is 0 Å². The van der Waals surface area contributed by atoms with Gasteiger partial charge in [-0.2, -0.15) is 5.26 Å². The molecule has 1 heterocycles. The highest BCUT2D eigenvalue weighted by molar-refractivity contribution is 5.83. The van der Waals surface area contributed by atoms with Crippen LogP contribution in [0.2, 0.25) is 0 Å². The predicted octanol–water partition coefficient (Wildman–Crippen LogP) is 0.179. The van der Waals surface area contributed by atoms with E-state index in [2.05, 4.69) is 16.7 Å². The molecule has 1 aliphatic heterocycles. The number of amides is 2. The lowest BCUT2D eigenvalue weighted by molar-refractivity contribution is -0.129. The first-order valence-electron chi connectivity index (χ1n) is 5.40. The van der Waals surface area contributed by atoms with Gasteiger partial charge < -0.3 is 10.6 Å². The number of piperidine rings is 1. The minimum atomic E-state index is -0.548. The molecule has 1 atom stereocenters. The predicted molar refractivity (Wildman–Crippen MR) is 58.1 cm³/mol. The summed E-state index contributed by atoms with van der Waals surface area (Å²) in [5.41, 5.74) is -0.548. The first-order chi connectivity index (χ1) is 7.44. The first-order valence-corrected chi connectivity index (χ1v) is 5.40. The van der Waals surface area contributed by atoms with Gasteiger partial charge in [0.15, 0.2) is 0 Å². The van der Waals surface area contributed by atoms with Crippen LogP contribution in [0.25, 0.3) is 0 Å². The maximum atomic E-state index is 11.7. The van der Waals surface area contributed by atoms with Gasteiger partial charge in [0.2, 0.25) is 11.8 Å². The SMILES string of the molecule is CC(C)(C#N)CNC(=O)C1CCC(=O)NC1. The Morgan fingerprint density at radius 2 is 2.38 bits per heavy atom. The van der Waals surface area contributed by atoms with Gasteiger partial charge in [0.1, 0.15) is 0 Å². The molecule has 1 fully saturated rings. The van der Waals surface area contributed by atoms with Gasteiger partial charge in [-0.25, -0.2) is 0 Å². The summed E-state index contributed by atoms with van der Waals surface area (Å²) in [7, 11) is 0. The molecule has 0 aromatic carbocycles. The summed E-state index contributed by atoms with van der Waals surface area (Å²) in [6.07, 6.45) is 0.990. The van der Waals surface area contributed by atoms with Crippen molar-refractivity contribution >= 4 is 11.8 Å². The Bertz CT molecular complexity index is 321. The zero-order valence-electron chi connectivity index (χ0n) is 9.67. The zero-order valence-corrected chi connectivity index (χ0v) is 9.67. The van der Waals surface area contributed by atoms with E-state index in [0.717, 1.165) is 0 Å².